The van der Waals surface area contributed by atoms with Crippen molar-refractivity contribution in [2.45, 2.75) is 0 Å². The lowest BCUT2D eigenvalue weighted by atomic mass is 10.2. The Balaban J connectivity index is 2.88. The van der Waals surface area contributed by atoms with Crippen LogP contribution in [0.3, 0.4) is 0 Å². The largest absolute Gasteiger partial charge is 0.254 e. The smallest absolute Gasteiger partial charge is 0.208 e. The number of rotatable bonds is 2. The van der Waals surface area contributed by atoms with Crippen LogP contribution in [0.2, 0.25) is 0 Å². The second kappa shape index (κ2) is 4.26. The summed E-state index contributed by atoms with van der Waals surface area (Å²) in [7, 11) is 1.44. The van der Waals surface area contributed by atoms with Gasteiger partial charge in [0.25, 0.3) is 9.05 Å². The highest BCUT2D eigenvalue weighted by Crippen LogP contribution is 2.12. The maximum Gasteiger partial charge on any atom is 0.254 e. The SMILES string of the molecule is O=S(=O)(Cl)/C=C\c1ccc(Br)cc1. The first-order chi connectivity index (χ1) is 5.97. The zero-order chi connectivity index (χ0) is 9.90. The molecule has 0 heterocycles. The molecule has 0 amide bonds. The first-order valence-electron chi connectivity index (χ1n) is 3.36. The summed E-state index contributed by atoms with van der Waals surface area (Å²) in [6, 6.07) is 7.20. The molecule has 70 valence electrons. The Morgan fingerprint density at radius 3 is 2.23 bits per heavy atom. The van der Waals surface area contributed by atoms with E-state index in [1.54, 1.807) is 12.1 Å². The van der Waals surface area contributed by atoms with E-state index in [0.29, 0.717) is 0 Å². The summed E-state index contributed by atoms with van der Waals surface area (Å²) in [6.07, 6.45) is 1.44. The van der Waals surface area contributed by atoms with Crippen molar-refractivity contribution in [1.29, 1.82) is 0 Å². The van der Waals surface area contributed by atoms with Crippen LogP contribution < -0.4 is 0 Å². The van der Waals surface area contributed by atoms with Crippen LogP contribution >= 0.6 is 26.6 Å². The van der Waals surface area contributed by atoms with Crippen molar-refractivity contribution >= 4 is 41.7 Å². The van der Waals surface area contributed by atoms with Crippen LogP contribution in [0.1, 0.15) is 5.56 Å². The third-order valence-electron chi connectivity index (χ3n) is 1.29. The molecule has 0 unspecified atom stereocenters. The second-order valence-electron chi connectivity index (χ2n) is 2.33. The van der Waals surface area contributed by atoms with Crippen molar-refractivity contribution < 1.29 is 8.42 Å². The molecule has 0 atom stereocenters. The van der Waals surface area contributed by atoms with Crippen LogP contribution in [0.15, 0.2) is 34.1 Å². The highest BCUT2D eigenvalue weighted by molar-refractivity contribution is 9.10. The Morgan fingerprint density at radius 2 is 1.77 bits per heavy atom. The van der Waals surface area contributed by atoms with Gasteiger partial charge in [0, 0.05) is 20.6 Å². The van der Waals surface area contributed by atoms with E-state index < -0.39 is 9.05 Å². The topological polar surface area (TPSA) is 34.1 Å². The first kappa shape index (κ1) is 10.8. The average molecular weight is 282 g/mol. The van der Waals surface area contributed by atoms with Gasteiger partial charge >= 0.3 is 0 Å². The molecule has 2 nitrogen and oxygen atoms in total. The Labute approximate surface area is 89.8 Å². The third kappa shape index (κ3) is 4.45. The summed E-state index contributed by atoms with van der Waals surface area (Å²) in [4.78, 5) is 0. The molecule has 0 N–H and O–H groups in total. The zero-order valence-corrected chi connectivity index (χ0v) is 9.60. The summed E-state index contributed by atoms with van der Waals surface area (Å²) >= 11 is 3.27. The number of halogens is 2. The lowest BCUT2D eigenvalue weighted by molar-refractivity contribution is 0.617. The molecule has 1 rings (SSSR count). The van der Waals surface area contributed by atoms with Crippen LogP contribution in [0.4, 0.5) is 0 Å². The molecule has 0 aliphatic carbocycles. The van der Waals surface area contributed by atoms with Crippen molar-refractivity contribution in [3.63, 3.8) is 0 Å². The fraction of sp³-hybridized carbons (Fsp3) is 0. The molecule has 0 fully saturated rings. The van der Waals surface area contributed by atoms with Gasteiger partial charge in [0.15, 0.2) is 0 Å². The third-order valence-corrected chi connectivity index (χ3v) is 2.59. The number of benzene rings is 1. The fourth-order valence-electron chi connectivity index (χ4n) is 0.734. The highest BCUT2D eigenvalue weighted by atomic mass is 79.9. The molecule has 1 aromatic rings. The summed E-state index contributed by atoms with van der Waals surface area (Å²) in [6.45, 7) is 0. The van der Waals surface area contributed by atoms with E-state index in [4.69, 9.17) is 10.7 Å². The van der Waals surface area contributed by atoms with E-state index in [2.05, 4.69) is 15.9 Å². The van der Waals surface area contributed by atoms with E-state index in [9.17, 15) is 8.42 Å². The summed E-state index contributed by atoms with van der Waals surface area (Å²) in [5.74, 6) is 0. The maximum absolute atomic E-state index is 10.5. The van der Waals surface area contributed by atoms with Gasteiger partial charge in [0.05, 0.1) is 0 Å². The lowest BCUT2D eigenvalue weighted by Gasteiger charge is -1.92. The van der Waals surface area contributed by atoms with E-state index in [1.807, 2.05) is 12.1 Å². The summed E-state index contributed by atoms with van der Waals surface area (Å²) in [5, 5.41) is 0.956. The highest BCUT2D eigenvalue weighted by Gasteiger charge is 1.96. The Hall–Kier alpha value is -0.320. The van der Waals surface area contributed by atoms with Crippen molar-refractivity contribution in [1.82, 2.24) is 0 Å². The molecule has 0 spiro atoms. The van der Waals surface area contributed by atoms with Gasteiger partial charge in [-0.15, -0.1) is 0 Å². The standard InChI is InChI=1S/C8H6BrClO2S/c9-8-3-1-7(2-4-8)5-6-13(10,11)12/h1-6H/b6-5-. The lowest BCUT2D eigenvalue weighted by Crippen LogP contribution is -1.79. The second-order valence-corrected chi connectivity index (χ2v) is 5.76. The van der Waals surface area contributed by atoms with Gasteiger partial charge in [-0.05, 0) is 23.8 Å². The minimum absolute atomic E-state index is 0.785. The van der Waals surface area contributed by atoms with Crippen LogP contribution in [-0.4, -0.2) is 8.42 Å². The molecular weight excluding hydrogens is 276 g/mol. The van der Waals surface area contributed by atoms with Crippen LogP contribution in [0, 0.1) is 0 Å². The molecule has 1 aromatic carbocycles. The molecule has 0 aliphatic heterocycles. The van der Waals surface area contributed by atoms with Gasteiger partial charge in [-0.2, -0.15) is 0 Å². The van der Waals surface area contributed by atoms with Crippen molar-refractivity contribution in [2.24, 2.45) is 0 Å². The predicted molar refractivity (Wildman–Crippen MR) is 57.9 cm³/mol. The first-order valence-corrected chi connectivity index (χ1v) is 6.52. The Kier molecular flexibility index (Phi) is 3.53. The Bertz CT molecular complexity index is 408. The van der Waals surface area contributed by atoms with Gasteiger partial charge in [-0.3, -0.25) is 0 Å². The van der Waals surface area contributed by atoms with Crippen molar-refractivity contribution in [3.8, 4) is 0 Å². The van der Waals surface area contributed by atoms with E-state index in [0.717, 1.165) is 15.4 Å². The van der Waals surface area contributed by atoms with Gasteiger partial charge in [0.2, 0.25) is 0 Å². The molecule has 0 aliphatic rings. The molecule has 5 heteroatoms. The molecule has 0 radical (unpaired) electrons. The maximum atomic E-state index is 10.5. The molecule has 0 aromatic heterocycles. The van der Waals surface area contributed by atoms with Gasteiger partial charge < -0.3 is 0 Å². The van der Waals surface area contributed by atoms with Crippen molar-refractivity contribution in [2.75, 3.05) is 0 Å². The van der Waals surface area contributed by atoms with Crippen LogP contribution in [0.5, 0.6) is 0 Å². The van der Waals surface area contributed by atoms with Gasteiger partial charge in [-0.1, -0.05) is 28.1 Å². The molecule has 0 saturated heterocycles. The number of hydrogen-bond acceptors (Lipinski definition) is 2. The van der Waals surface area contributed by atoms with Gasteiger partial charge in [0.1, 0.15) is 0 Å². The van der Waals surface area contributed by atoms with Gasteiger partial charge in [-0.25, -0.2) is 8.42 Å². The zero-order valence-electron chi connectivity index (χ0n) is 6.44. The summed E-state index contributed by atoms with van der Waals surface area (Å²) in [5.41, 5.74) is 0.785. The monoisotopic (exact) mass is 280 g/mol. The molecular formula is C8H6BrClO2S. The predicted octanol–water partition coefficient (Wildman–Crippen LogP) is 2.99. The van der Waals surface area contributed by atoms with E-state index in [-0.39, 0.29) is 0 Å². The molecule has 0 saturated carbocycles. The molecule has 0 bridgehead atoms. The van der Waals surface area contributed by atoms with E-state index in [1.165, 1.54) is 6.08 Å². The van der Waals surface area contributed by atoms with E-state index >= 15 is 0 Å². The fourth-order valence-corrected chi connectivity index (χ4v) is 1.47. The number of hydrogen-bond donors (Lipinski definition) is 0. The minimum atomic E-state index is -3.55. The van der Waals surface area contributed by atoms with Crippen LogP contribution in [0.25, 0.3) is 6.08 Å². The van der Waals surface area contributed by atoms with Crippen LogP contribution in [-0.2, 0) is 9.05 Å². The molecule has 13 heavy (non-hydrogen) atoms. The Morgan fingerprint density at radius 1 is 1.23 bits per heavy atom. The quantitative estimate of drug-likeness (QED) is 0.781. The van der Waals surface area contributed by atoms with Crippen molar-refractivity contribution in [3.05, 3.63) is 39.7 Å². The average Bonchev–Trinajstić information content (AvgIpc) is 2.02. The summed E-state index contributed by atoms with van der Waals surface area (Å²) < 4.78 is 22.0. The normalized spacial score (nSPS) is 12.2. The minimum Gasteiger partial charge on any atom is -0.208 e.